The van der Waals surface area contributed by atoms with E-state index in [0.717, 1.165) is 10.9 Å². The predicted molar refractivity (Wildman–Crippen MR) is 100 cm³/mol. The fraction of sp³-hybridized carbons (Fsp3) is 0. The van der Waals surface area contributed by atoms with Crippen molar-refractivity contribution < 1.29 is 9.59 Å². The zero-order chi connectivity index (χ0) is 17.7. The van der Waals surface area contributed by atoms with Gasteiger partial charge in [0.1, 0.15) is 0 Å². The van der Waals surface area contributed by atoms with E-state index in [1.165, 1.54) is 0 Å². The van der Waals surface area contributed by atoms with E-state index in [0.29, 0.717) is 33.5 Å². The van der Waals surface area contributed by atoms with Crippen molar-refractivity contribution in [2.75, 3.05) is 0 Å². The van der Waals surface area contributed by atoms with E-state index in [1.807, 2.05) is 48.5 Å². The Labute approximate surface area is 149 Å². The van der Waals surface area contributed by atoms with Gasteiger partial charge in [-0.05, 0) is 12.1 Å². The highest BCUT2D eigenvalue weighted by Crippen LogP contribution is 2.34. The third kappa shape index (κ3) is 2.04. The second-order valence-corrected chi connectivity index (χ2v) is 6.32. The highest BCUT2D eigenvalue weighted by atomic mass is 16.1. The molecule has 1 heterocycles. The monoisotopic (exact) mass is 335 g/mol. The van der Waals surface area contributed by atoms with Gasteiger partial charge < -0.3 is 0 Å². The van der Waals surface area contributed by atoms with Crippen LogP contribution in [0.5, 0.6) is 0 Å². The first-order valence-electron chi connectivity index (χ1n) is 8.41. The molecular formula is C23H13NO2. The Morgan fingerprint density at radius 2 is 1.19 bits per heavy atom. The summed E-state index contributed by atoms with van der Waals surface area (Å²) < 4.78 is 0. The molecule has 1 aliphatic carbocycles. The van der Waals surface area contributed by atoms with Gasteiger partial charge in [0.05, 0.1) is 11.2 Å². The average molecular weight is 335 g/mol. The highest BCUT2D eigenvalue weighted by molar-refractivity contribution is 6.30. The number of benzene rings is 3. The van der Waals surface area contributed by atoms with Crippen LogP contribution in [-0.2, 0) is 0 Å². The van der Waals surface area contributed by atoms with E-state index in [9.17, 15) is 9.59 Å². The fourth-order valence-electron chi connectivity index (χ4n) is 3.57. The molecule has 0 radical (unpaired) electrons. The third-order valence-electron chi connectivity index (χ3n) is 4.83. The zero-order valence-electron chi connectivity index (χ0n) is 13.8. The Morgan fingerprint density at radius 3 is 2.04 bits per heavy atom. The molecule has 3 nitrogen and oxygen atoms in total. The number of nitrogens with zero attached hydrogens (tertiary/aromatic N) is 1. The van der Waals surface area contributed by atoms with Crippen LogP contribution in [0.3, 0.4) is 0 Å². The molecule has 0 unspecified atom stereocenters. The molecule has 122 valence electrons. The van der Waals surface area contributed by atoms with Gasteiger partial charge in [0.25, 0.3) is 0 Å². The van der Waals surface area contributed by atoms with E-state index in [1.54, 1.807) is 30.3 Å². The maximum Gasteiger partial charge on any atom is 0.195 e. The molecule has 1 aromatic heterocycles. The number of carbonyl (C=O) groups is 2. The Hall–Kier alpha value is -3.59. The van der Waals surface area contributed by atoms with E-state index < -0.39 is 0 Å². The molecule has 0 saturated carbocycles. The molecule has 0 saturated heterocycles. The van der Waals surface area contributed by atoms with Crippen LogP contribution in [0, 0.1) is 0 Å². The maximum absolute atomic E-state index is 13.1. The van der Waals surface area contributed by atoms with Crippen LogP contribution >= 0.6 is 0 Å². The normalized spacial score (nSPS) is 12.8. The number of hydrogen-bond donors (Lipinski definition) is 0. The summed E-state index contributed by atoms with van der Waals surface area (Å²) in [6.07, 6.45) is 0. The van der Waals surface area contributed by atoms with Crippen LogP contribution in [0.4, 0.5) is 0 Å². The Bertz CT molecular complexity index is 1220. The Kier molecular flexibility index (Phi) is 3.09. The topological polar surface area (TPSA) is 47.0 Å². The van der Waals surface area contributed by atoms with Crippen molar-refractivity contribution in [2.24, 2.45) is 0 Å². The molecule has 0 amide bonds. The first-order chi connectivity index (χ1) is 12.7. The lowest BCUT2D eigenvalue weighted by molar-refractivity contribution is 0.0979. The second-order valence-electron chi connectivity index (χ2n) is 6.32. The van der Waals surface area contributed by atoms with Crippen molar-refractivity contribution in [1.82, 2.24) is 4.98 Å². The van der Waals surface area contributed by atoms with Crippen LogP contribution in [0.15, 0.2) is 78.9 Å². The van der Waals surface area contributed by atoms with Gasteiger partial charge in [0.2, 0.25) is 0 Å². The molecular weight excluding hydrogens is 322 g/mol. The van der Waals surface area contributed by atoms with Crippen molar-refractivity contribution in [3.05, 3.63) is 101 Å². The Balaban J connectivity index is 1.77. The van der Waals surface area contributed by atoms with Crippen molar-refractivity contribution in [3.63, 3.8) is 0 Å². The summed E-state index contributed by atoms with van der Waals surface area (Å²) in [5.74, 6) is -0.237. The second kappa shape index (κ2) is 5.46. The van der Waals surface area contributed by atoms with Crippen molar-refractivity contribution in [2.45, 2.75) is 0 Å². The number of carbonyl (C=O) groups excluding carboxylic acids is 2. The molecule has 0 bridgehead atoms. The third-order valence-corrected chi connectivity index (χ3v) is 4.83. The van der Waals surface area contributed by atoms with E-state index in [2.05, 4.69) is 0 Å². The molecule has 0 fully saturated rings. The Morgan fingerprint density at radius 1 is 0.538 bits per heavy atom. The number of hydrogen-bond acceptors (Lipinski definition) is 3. The summed E-state index contributed by atoms with van der Waals surface area (Å²) in [5.41, 5.74) is 4.06. The minimum absolute atomic E-state index is 0.113. The minimum Gasteiger partial charge on any atom is -0.289 e. The molecule has 0 atom stereocenters. The number of aromatic nitrogens is 1. The molecule has 0 spiro atoms. The van der Waals surface area contributed by atoms with Gasteiger partial charge in [-0.15, -0.1) is 0 Å². The summed E-state index contributed by atoms with van der Waals surface area (Å²) in [6.45, 7) is 0. The first kappa shape index (κ1) is 14.7. The number of fused-ring (bicyclic) bond motifs is 3. The summed E-state index contributed by atoms with van der Waals surface area (Å²) in [7, 11) is 0. The largest absolute Gasteiger partial charge is 0.289 e. The molecule has 1 aliphatic rings. The quantitative estimate of drug-likeness (QED) is 0.447. The zero-order valence-corrected chi connectivity index (χ0v) is 13.8. The van der Waals surface area contributed by atoms with Gasteiger partial charge in [0.15, 0.2) is 11.6 Å². The van der Waals surface area contributed by atoms with Crippen LogP contribution < -0.4 is 0 Å². The number of pyridine rings is 1. The molecule has 3 aromatic carbocycles. The van der Waals surface area contributed by atoms with Crippen molar-refractivity contribution >= 4 is 22.5 Å². The van der Waals surface area contributed by atoms with Gasteiger partial charge in [-0.1, -0.05) is 66.7 Å². The summed E-state index contributed by atoms with van der Waals surface area (Å²) >= 11 is 0. The summed E-state index contributed by atoms with van der Waals surface area (Å²) in [4.78, 5) is 30.7. The summed E-state index contributed by atoms with van der Waals surface area (Å²) in [6, 6.07) is 24.1. The average Bonchev–Trinajstić information content (AvgIpc) is 2.71. The van der Waals surface area contributed by atoms with Gasteiger partial charge >= 0.3 is 0 Å². The minimum atomic E-state index is -0.124. The smallest absolute Gasteiger partial charge is 0.195 e. The van der Waals surface area contributed by atoms with Crippen LogP contribution in [0.25, 0.3) is 22.2 Å². The molecule has 0 N–H and O–H groups in total. The fourth-order valence-corrected chi connectivity index (χ4v) is 3.57. The van der Waals surface area contributed by atoms with Crippen molar-refractivity contribution in [1.29, 1.82) is 0 Å². The van der Waals surface area contributed by atoms with Gasteiger partial charge in [-0.3, -0.25) is 9.59 Å². The van der Waals surface area contributed by atoms with Gasteiger partial charge in [-0.2, -0.15) is 0 Å². The number of rotatable bonds is 1. The molecule has 0 aliphatic heterocycles. The van der Waals surface area contributed by atoms with Crippen LogP contribution in [-0.4, -0.2) is 16.6 Å². The lowest BCUT2D eigenvalue weighted by atomic mass is 9.81. The van der Waals surface area contributed by atoms with E-state index in [4.69, 9.17) is 4.98 Å². The van der Waals surface area contributed by atoms with Crippen molar-refractivity contribution in [3.8, 4) is 11.3 Å². The van der Waals surface area contributed by atoms with E-state index >= 15 is 0 Å². The molecule has 5 rings (SSSR count). The van der Waals surface area contributed by atoms with Crippen LogP contribution in [0.1, 0.15) is 31.8 Å². The maximum atomic E-state index is 13.1. The lowest BCUT2D eigenvalue weighted by Gasteiger charge is -2.20. The van der Waals surface area contributed by atoms with Gasteiger partial charge in [-0.25, -0.2) is 4.98 Å². The standard InChI is InChI=1S/C23H13NO2/c25-22-15-7-2-3-8-16(15)23(26)21-17(9-5-10-18(21)22)20-13-12-14-6-1-4-11-19(14)24-20/h1-13H. The number of para-hydroxylation sites is 1. The van der Waals surface area contributed by atoms with Gasteiger partial charge in [0, 0.05) is 33.2 Å². The number of ketones is 2. The lowest BCUT2D eigenvalue weighted by Crippen LogP contribution is -2.21. The first-order valence-corrected chi connectivity index (χ1v) is 8.41. The van der Waals surface area contributed by atoms with Crippen LogP contribution in [0.2, 0.25) is 0 Å². The highest BCUT2D eigenvalue weighted by Gasteiger charge is 2.31. The molecule has 3 heteroatoms. The predicted octanol–water partition coefficient (Wildman–Crippen LogP) is 4.68. The SMILES string of the molecule is O=C1c2ccccc2C(=O)c2c1cccc2-c1ccc2ccccc2n1. The molecule has 26 heavy (non-hydrogen) atoms. The summed E-state index contributed by atoms with van der Waals surface area (Å²) in [5, 5.41) is 1.04. The van der Waals surface area contributed by atoms with E-state index in [-0.39, 0.29) is 11.6 Å². The molecule has 4 aromatic rings.